The van der Waals surface area contributed by atoms with Crippen molar-refractivity contribution in [3.63, 3.8) is 0 Å². The van der Waals surface area contributed by atoms with E-state index >= 15 is 0 Å². The standard InChI is InChI=1S/C22H15ClN2O2S/c23-17-10-6-15(7-11-17)20-14-28-22(24-20)25-21(26)16-8-12-19(13-9-16)27-18-4-2-1-3-5-18/h1-14H,(H,24,25,26). The second-order valence-corrected chi connectivity index (χ2v) is 7.23. The van der Waals surface area contributed by atoms with Crippen LogP contribution in [0.4, 0.5) is 5.13 Å². The minimum absolute atomic E-state index is 0.219. The summed E-state index contributed by atoms with van der Waals surface area (Å²) in [6.45, 7) is 0. The van der Waals surface area contributed by atoms with Gasteiger partial charge < -0.3 is 4.74 Å². The normalized spacial score (nSPS) is 10.5. The highest BCUT2D eigenvalue weighted by Gasteiger charge is 2.10. The Bertz CT molecular complexity index is 1080. The second-order valence-electron chi connectivity index (χ2n) is 5.94. The fraction of sp³-hybridized carbons (Fsp3) is 0. The molecule has 4 rings (SSSR count). The molecular weight excluding hydrogens is 392 g/mol. The molecule has 0 saturated carbocycles. The number of carbonyl (C=O) groups is 1. The van der Waals surface area contributed by atoms with Gasteiger partial charge in [-0.3, -0.25) is 10.1 Å². The van der Waals surface area contributed by atoms with Crippen molar-refractivity contribution in [3.05, 3.63) is 94.8 Å². The van der Waals surface area contributed by atoms with Crippen molar-refractivity contribution in [2.45, 2.75) is 0 Å². The van der Waals surface area contributed by atoms with Gasteiger partial charge in [0.25, 0.3) is 5.91 Å². The van der Waals surface area contributed by atoms with E-state index in [2.05, 4.69) is 10.3 Å². The number of hydrogen-bond donors (Lipinski definition) is 1. The first-order valence-corrected chi connectivity index (χ1v) is 9.79. The number of benzene rings is 3. The molecule has 6 heteroatoms. The number of anilines is 1. The number of aromatic nitrogens is 1. The van der Waals surface area contributed by atoms with Gasteiger partial charge >= 0.3 is 0 Å². The molecule has 0 aliphatic carbocycles. The maximum absolute atomic E-state index is 12.5. The average molecular weight is 407 g/mol. The molecule has 0 fully saturated rings. The zero-order valence-corrected chi connectivity index (χ0v) is 16.2. The molecule has 28 heavy (non-hydrogen) atoms. The van der Waals surface area contributed by atoms with E-state index in [1.54, 1.807) is 24.3 Å². The highest BCUT2D eigenvalue weighted by molar-refractivity contribution is 7.14. The smallest absolute Gasteiger partial charge is 0.257 e. The predicted molar refractivity (Wildman–Crippen MR) is 113 cm³/mol. The van der Waals surface area contributed by atoms with Gasteiger partial charge in [-0.2, -0.15) is 0 Å². The molecule has 1 aromatic heterocycles. The van der Waals surface area contributed by atoms with Gasteiger partial charge in [0.2, 0.25) is 0 Å². The first-order valence-electron chi connectivity index (χ1n) is 8.53. The van der Waals surface area contributed by atoms with Crippen LogP contribution in [0.5, 0.6) is 11.5 Å². The summed E-state index contributed by atoms with van der Waals surface area (Å²) in [5.74, 6) is 1.20. The van der Waals surface area contributed by atoms with Gasteiger partial charge in [-0.15, -0.1) is 11.3 Å². The fourth-order valence-electron chi connectivity index (χ4n) is 2.55. The Morgan fingerprint density at radius 2 is 1.57 bits per heavy atom. The third-order valence-electron chi connectivity index (χ3n) is 3.96. The van der Waals surface area contributed by atoms with Crippen LogP contribution in [0.1, 0.15) is 10.4 Å². The molecule has 138 valence electrons. The first-order chi connectivity index (χ1) is 13.7. The summed E-state index contributed by atoms with van der Waals surface area (Å²) in [6, 6.07) is 23.9. The van der Waals surface area contributed by atoms with Crippen molar-refractivity contribution >= 4 is 34.0 Å². The number of halogens is 1. The number of nitrogens with one attached hydrogen (secondary N) is 1. The number of hydrogen-bond acceptors (Lipinski definition) is 4. The zero-order valence-electron chi connectivity index (χ0n) is 14.6. The van der Waals surface area contributed by atoms with Crippen LogP contribution in [-0.4, -0.2) is 10.9 Å². The van der Waals surface area contributed by atoms with E-state index in [1.165, 1.54) is 11.3 Å². The minimum atomic E-state index is -0.219. The second kappa shape index (κ2) is 8.25. The van der Waals surface area contributed by atoms with Crippen LogP contribution >= 0.6 is 22.9 Å². The maximum atomic E-state index is 12.5. The largest absolute Gasteiger partial charge is 0.457 e. The predicted octanol–water partition coefficient (Wildman–Crippen LogP) is 6.51. The zero-order chi connectivity index (χ0) is 19.3. The van der Waals surface area contributed by atoms with Gasteiger partial charge in [-0.25, -0.2) is 4.98 Å². The lowest BCUT2D eigenvalue weighted by Gasteiger charge is -2.06. The first kappa shape index (κ1) is 18.2. The summed E-state index contributed by atoms with van der Waals surface area (Å²) >= 11 is 7.29. The number of ether oxygens (including phenoxy) is 1. The Morgan fingerprint density at radius 3 is 2.29 bits per heavy atom. The van der Waals surface area contributed by atoms with Crippen molar-refractivity contribution in [3.8, 4) is 22.8 Å². The maximum Gasteiger partial charge on any atom is 0.257 e. The lowest BCUT2D eigenvalue weighted by molar-refractivity contribution is 0.102. The lowest BCUT2D eigenvalue weighted by Crippen LogP contribution is -2.11. The lowest BCUT2D eigenvalue weighted by atomic mass is 10.2. The van der Waals surface area contributed by atoms with E-state index in [4.69, 9.17) is 16.3 Å². The van der Waals surface area contributed by atoms with Gasteiger partial charge in [0.1, 0.15) is 11.5 Å². The molecule has 1 N–H and O–H groups in total. The Hall–Kier alpha value is -3.15. The highest BCUT2D eigenvalue weighted by Crippen LogP contribution is 2.27. The Balaban J connectivity index is 1.42. The van der Waals surface area contributed by atoms with E-state index < -0.39 is 0 Å². The van der Waals surface area contributed by atoms with Crippen LogP contribution < -0.4 is 10.1 Å². The van der Waals surface area contributed by atoms with Crippen LogP contribution in [0.3, 0.4) is 0 Å². The summed E-state index contributed by atoms with van der Waals surface area (Å²) in [5, 5.41) is 5.94. The molecule has 1 heterocycles. The van der Waals surface area contributed by atoms with Crippen LogP contribution in [0.2, 0.25) is 5.02 Å². The summed E-state index contributed by atoms with van der Waals surface area (Å²) in [5.41, 5.74) is 2.27. The number of thiazole rings is 1. The van der Waals surface area contributed by atoms with E-state index in [0.717, 1.165) is 17.0 Å². The highest BCUT2D eigenvalue weighted by atomic mass is 35.5. The van der Waals surface area contributed by atoms with Gasteiger partial charge in [0.05, 0.1) is 5.69 Å². The Kier molecular flexibility index (Phi) is 5.37. The van der Waals surface area contributed by atoms with Crippen molar-refractivity contribution < 1.29 is 9.53 Å². The van der Waals surface area contributed by atoms with E-state index in [-0.39, 0.29) is 5.91 Å². The summed E-state index contributed by atoms with van der Waals surface area (Å²) in [7, 11) is 0. The van der Waals surface area contributed by atoms with Gasteiger partial charge in [-0.1, -0.05) is 41.9 Å². The Morgan fingerprint density at radius 1 is 0.893 bits per heavy atom. The molecule has 0 bridgehead atoms. The van der Waals surface area contributed by atoms with Crippen molar-refractivity contribution in [2.24, 2.45) is 0 Å². The van der Waals surface area contributed by atoms with Crippen molar-refractivity contribution in [2.75, 3.05) is 5.32 Å². The third kappa shape index (κ3) is 4.39. The molecule has 4 aromatic rings. The number of amides is 1. The monoisotopic (exact) mass is 406 g/mol. The third-order valence-corrected chi connectivity index (χ3v) is 4.97. The van der Waals surface area contributed by atoms with Gasteiger partial charge in [0, 0.05) is 21.5 Å². The molecule has 0 aliphatic heterocycles. The van der Waals surface area contributed by atoms with Gasteiger partial charge in [0.15, 0.2) is 5.13 Å². The number of rotatable bonds is 5. The molecule has 4 nitrogen and oxygen atoms in total. The molecule has 0 atom stereocenters. The summed E-state index contributed by atoms with van der Waals surface area (Å²) in [4.78, 5) is 16.9. The molecule has 1 amide bonds. The number of nitrogens with zero attached hydrogens (tertiary/aromatic N) is 1. The Labute approximate surface area is 171 Å². The molecule has 0 spiro atoms. The van der Waals surface area contributed by atoms with E-state index in [1.807, 2.05) is 60.0 Å². The summed E-state index contributed by atoms with van der Waals surface area (Å²) < 4.78 is 5.74. The molecule has 0 saturated heterocycles. The van der Waals surface area contributed by atoms with Crippen LogP contribution in [0, 0.1) is 0 Å². The molecule has 0 aliphatic rings. The average Bonchev–Trinajstić information content (AvgIpc) is 3.18. The van der Waals surface area contributed by atoms with E-state index in [0.29, 0.717) is 21.5 Å². The fourth-order valence-corrected chi connectivity index (χ4v) is 3.39. The van der Waals surface area contributed by atoms with Gasteiger partial charge in [-0.05, 0) is 48.5 Å². The minimum Gasteiger partial charge on any atom is -0.457 e. The summed E-state index contributed by atoms with van der Waals surface area (Å²) in [6.07, 6.45) is 0. The topological polar surface area (TPSA) is 51.2 Å². The van der Waals surface area contributed by atoms with Crippen molar-refractivity contribution in [1.82, 2.24) is 4.98 Å². The molecule has 0 unspecified atom stereocenters. The van der Waals surface area contributed by atoms with E-state index in [9.17, 15) is 4.79 Å². The molecular formula is C22H15ClN2O2S. The van der Waals surface area contributed by atoms with Crippen LogP contribution in [0.25, 0.3) is 11.3 Å². The number of para-hydroxylation sites is 1. The SMILES string of the molecule is O=C(Nc1nc(-c2ccc(Cl)cc2)cs1)c1ccc(Oc2ccccc2)cc1. The molecule has 0 radical (unpaired) electrons. The number of carbonyl (C=O) groups excluding carboxylic acids is 1. The quantitative estimate of drug-likeness (QED) is 0.411. The van der Waals surface area contributed by atoms with Crippen molar-refractivity contribution in [1.29, 1.82) is 0 Å². The van der Waals surface area contributed by atoms with Crippen LogP contribution in [-0.2, 0) is 0 Å². The van der Waals surface area contributed by atoms with Crippen LogP contribution in [0.15, 0.2) is 84.2 Å². The molecule has 3 aromatic carbocycles.